The second kappa shape index (κ2) is 5.15. The monoisotopic (exact) mass is 258 g/mol. The molecule has 1 atom stereocenters. The summed E-state index contributed by atoms with van der Waals surface area (Å²) in [5, 5.41) is 0. The number of ether oxygens (including phenoxy) is 1. The van der Waals surface area contributed by atoms with Gasteiger partial charge in [-0.25, -0.2) is 8.42 Å². The van der Waals surface area contributed by atoms with E-state index in [0.29, 0.717) is 11.3 Å². The SMILES string of the molecule is COC(=O)C(N)c1cccc(NS(C)(=O)=O)c1. The molecule has 0 spiro atoms. The second-order valence-corrected chi connectivity index (χ2v) is 5.25. The lowest BCUT2D eigenvalue weighted by molar-refractivity contribution is -0.142. The average Bonchev–Trinajstić information content (AvgIpc) is 2.25. The van der Waals surface area contributed by atoms with E-state index in [2.05, 4.69) is 9.46 Å². The number of hydrogen-bond acceptors (Lipinski definition) is 5. The average molecular weight is 258 g/mol. The minimum Gasteiger partial charge on any atom is -0.468 e. The molecule has 1 aromatic rings. The van der Waals surface area contributed by atoms with Crippen LogP contribution in [0, 0.1) is 0 Å². The van der Waals surface area contributed by atoms with Gasteiger partial charge in [-0.05, 0) is 17.7 Å². The van der Waals surface area contributed by atoms with Gasteiger partial charge in [0.05, 0.1) is 13.4 Å². The van der Waals surface area contributed by atoms with Crippen LogP contribution in [0.4, 0.5) is 5.69 Å². The van der Waals surface area contributed by atoms with E-state index >= 15 is 0 Å². The van der Waals surface area contributed by atoms with Crippen LogP contribution in [0.2, 0.25) is 0 Å². The van der Waals surface area contributed by atoms with Crippen molar-refractivity contribution >= 4 is 21.7 Å². The van der Waals surface area contributed by atoms with Crippen molar-refractivity contribution in [2.45, 2.75) is 6.04 Å². The number of sulfonamides is 1. The Hall–Kier alpha value is -1.60. The van der Waals surface area contributed by atoms with Crippen LogP contribution in [0.15, 0.2) is 24.3 Å². The molecule has 0 fully saturated rings. The molecule has 0 heterocycles. The second-order valence-electron chi connectivity index (χ2n) is 3.50. The van der Waals surface area contributed by atoms with E-state index in [-0.39, 0.29) is 0 Å². The Labute approximate surface area is 99.8 Å². The molecule has 0 aromatic heterocycles. The van der Waals surface area contributed by atoms with Crippen LogP contribution in [0.3, 0.4) is 0 Å². The third-order valence-electron chi connectivity index (χ3n) is 2.00. The number of nitrogens with two attached hydrogens (primary N) is 1. The number of rotatable bonds is 4. The van der Waals surface area contributed by atoms with Gasteiger partial charge in [0, 0.05) is 5.69 Å². The molecule has 0 saturated heterocycles. The van der Waals surface area contributed by atoms with Gasteiger partial charge in [-0.3, -0.25) is 9.52 Å². The summed E-state index contributed by atoms with van der Waals surface area (Å²) in [6.07, 6.45) is 1.04. The van der Waals surface area contributed by atoms with Gasteiger partial charge in [-0.15, -0.1) is 0 Å². The summed E-state index contributed by atoms with van der Waals surface area (Å²) in [5.41, 5.74) is 6.46. The lowest BCUT2D eigenvalue weighted by Gasteiger charge is -2.11. The highest BCUT2D eigenvalue weighted by Crippen LogP contribution is 2.17. The Balaban J connectivity index is 2.97. The molecule has 1 aromatic carbocycles. The van der Waals surface area contributed by atoms with Crippen molar-refractivity contribution in [1.82, 2.24) is 0 Å². The van der Waals surface area contributed by atoms with E-state index in [1.807, 2.05) is 0 Å². The number of methoxy groups -OCH3 is 1. The predicted molar refractivity (Wildman–Crippen MR) is 63.9 cm³/mol. The van der Waals surface area contributed by atoms with E-state index < -0.39 is 22.0 Å². The summed E-state index contributed by atoms with van der Waals surface area (Å²) in [6.45, 7) is 0. The van der Waals surface area contributed by atoms with Gasteiger partial charge < -0.3 is 10.5 Å². The molecule has 0 amide bonds. The molecule has 3 N–H and O–H groups in total. The van der Waals surface area contributed by atoms with Crippen LogP contribution in [0.25, 0.3) is 0 Å². The van der Waals surface area contributed by atoms with E-state index in [1.54, 1.807) is 18.2 Å². The van der Waals surface area contributed by atoms with Crippen LogP contribution < -0.4 is 10.5 Å². The van der Waals surface area contributed by atoms with Gasteiger partial charge in [0.2, 0.25) is 10.0 Å². The first kappa shape index (κ1) is 13.5. The van der Waals surface area contributed by atoms with Crippen molar-refractivity contribution in [2.75, 3.05) is 18.1 Å². The maximum atomic E-state index is 11.2. The summed E-state index contributed by atoms with van der Waals surface area (Å²) >= 11 is 0. The zero-order chi connectivity index (χ0) is 13.1. The molecule has 7 heteroatoms. The van der Waals surface area contributed by atoms with E-state index in [1.165, 1.54) is 13.2 Å². The van der Waals surface area contributed by atoms with Gasteiger partial charge in [-0.2, -0.15) is 0 Å². The van der Waals surface area contributed by atoms with E-state index in [0.717, 1.165) is 6.26 Å². The summed E-state index contributed by atoms with van der Waals surface area (Å²) in [6, 6.07) is 5.35. The molecule has 0 aliphatic rings. The Morgan fingerprint density at radius 2 is 2.12 bits per heavy atom. The van der Waals surface area contributed by atoms with Gasteiger partial charge in [0.1, 0.15) is 6.04 Å². The fraction of sp³-hybridized carbons (Fsp3) is 0.300. The number of anilines is 1. The summed E-state index contributed by atoms with van der Waals surface area (Å²) < 4.78 is 28.9. The lowest BCUT2D eigenvalue weighted by atomic mass is 10.1. The molecular weight excluding hydrogens is 244 g/mol. The number of benzene rings is 1. The van der Waals surface area contributed by atoms with E-state index in [9.17, 15) is 13.2 Å². The third kappa shape index (κ3) is 4.04. The first-order valence-electron chi connectivity index (χ1n) is 4.74. The van der Waals surface area contributed by atoms with Crippen LogP contribution in [0.1, 0.15) is 11.6 Å². The fourth-order valence-electron chi connectivity index (χ4n) is 1.27. The highest BCUT2D eigenvalue weighted by molar-refractivity contribution is 7.92. The van der Waals surface area contributed by atoms with Gasteiger partial charge in [-0.1, -0.05) is 12.1 Å². The molecule has 0 aliphatic heterocycles. The summed E-state index contributed by atoms with van der Waals surface area (Å²) in [5.74, 6) is -0.582. The van der Waals surface area contributed by atoms with Gasteiger partial charge in [0.25, 0.3) is 0 Å². The number of hydrogen-bond donors (Lipinski definition) is 2. The minimum atomic E-state index is -3.35. The molecule has 6 nitrogen and oxygen atoms in total. The van der Waals surface area contributed by atoms with Crippen LogP contribution in [-0.4, -0.2) is 27.8 Å². The normalized spacial score (nSPS) is 12.9. The van der Waals surface area contributed by atoms with Crippen LogP contribution in [-0.2, 0) is 19.6 Å². The topological polar surface area (TPSA) is 98.5 Å². The number of esters is 1. The maximum Gasteiger partial charge on any atom is 0.327 e. The molecule has 17 heavy (non-hydrogen) atoms. The molecule has 0 aliphatic carbocycles. The molecule has 0 saturated carbocycles. The van der Waals surface area contributed by atoms with Gasteiger partial charge in [0.15, 0.2) is 0 Å². The fourth-order valence-corrected chi connectivity index (χ4v) is 1.83. The van der Waals surface area contributed by atoms with Crippen molar-refractivity contribution in [3.8, 4) is 0 Å². The molecule has 1 rings (SSSR count). The van der Waals surface area contributed by atoms with Crippen molar-refractivity contribution in [3.63, 3.8) is 0 Å². The summed E-state index contributed by atoms with van der Waals surface area (Å²) in [4.78, 5) is 11.2. The van der Waals surface area contributed by atoms with Gasteiger partial charge >= 0.3 is 5.97 Å². The highest BCUT2D eigenvalue weighted by atomic mass is 32.2. The minimum absolute atomic E-state index is 0.351. The molecular formula is C10H14N2O4S. The molecule has 0 radical (unpaired) electrons. The number of carbonyl (C=O) groups excluding carboxylic acids is 1. The Bertz CT molecular complexity index is 513. The smallest absolute Gasteiger partial charge is 0.327 e. The Morgan fingerprint density at radius 3 is 2.65 bits per heavy atom. The first-order chi connectivity index (χ1) is 7.83. The standard InChI is InChI=1S/C10H14N2O4S/c1-16-10(13)9(11)7-4-3-5-8(6-7)12-17(2,14)15/h3-6,9,12H,11H2,1-2H3. The molecule has 0 bridgehead atoms. The largest absolute Gasteiger partial charge is 0.468 e. The van der Waals surface area contributed by atoms with Crippen LogP contribution in [0.5, 0.6) is 0 Å². The van der Waals surface area contributed by atoms with E-state index in [4.69, 9.17) is 5.73 Å². The summed E-state index contributed by atoms with van der Waals surface area (Å²) in [7, 11) is -2.12. The zero-order valence-corrected chi connectivity index (χ0v) is 10.3. The number of carbonyl (C=O) groups is 1. The van der Waals surface area contributed by atoms with Crippen molar-refractivity contribution < 1.29 is 17.9 Å². The van der Waals surface area contributed by atoms with Crippen LogP contribution >= 0.6 is 0 Å². The molecule has 94 valence electrons. The third-order valence-corrected chi connectivity index (χ3v) is 2.61. The van der Waals surface area contributed by atoms with Crippen molar-refractivity contribution in [2.24, 2.45) is 5.73 Å². The lowest BCUT2D eigenvalue weighted by Crippen LogP contribution is -2.22. The van der Waals surface area contributed by atoms with Crippen molar-refractivity contribution in [1.29, 1.82) is 0 Å². The Morgan fingerprint density at radius 1 is 1.47 bits per heavy atom. The Kier molecular flexibility index (Phi) is 4.08. The zero-order valence-electron chi connectivity index (χ0n) is 9.51. The quantitative estimate of drug-likeness (QED) is 0.753. The number of nitrogens with one attached hydrogen (secondary N) is 1. The van der Waals surface area contributed by atoms with Crippen molar-refractivity contribution in [3.05, 3.63) is 29.8 Å². The molecule has 1 unspecified atom stereocenters. The maximum absolute atomic E-state index is 11.2. The first-order valence-corrected chi connectivity index (χ1v) is 6.64. The highest BCUT2D eigenvalue weighted by Gasteiger charge is 2.16. The predicted octanol–water partition coefficient (Wildman–Crippen LogP) is 0.231.